The third-order valence-corrected chi connectivity index (χ3v) is 5.07. The van der Waals surface area contributed by atoms with Crippen molar-refractivity contribution >= 4 is 0 Å². The number of aromatic amines is 2. The van der Waals surface area contributed by atoms with Crippen molar-refractivity contribution in [2.24, 2.45) is 0 Å². The maximum Gasteiger partial charge on any atom is 0.0925 e. The van der Waals surface area contributed by atoms with E-state index in [-0.39, 0.29) is 0 Å². The summed E-state index contributed by atoms with van der Waals surface area (Å²) in [6.07, 6.45) is 3.84. The van der Waals surface area contributed by atoms with Crippen LogP contribution in [0.25, 0.3) is 0 Å². The highest BCUT2D eigenvalue weighted by Gasteiger charge is 2.30. The minimum atomic E-state index is 0.302. The van der Waals surface area contributed by atoms with E-state index in [2.05, 4.69) is 69.2 Å². The van der Waals surface area contributed by atoms with E-state index in [9.17, 15) is 0 Å². The van der Waals surface area contributed by atoms with Gasteiger partial charge in [0, 0.05) is 36.5 Å². The van der Waals surface area contributed by atoms with Crippen LogP contribution in [-0.4, -0.2) is 31.6 Å². The van der Waals surface area contributed by atoms with Gasteiger partial charge >= 0.3 is 0 Å². The summed E-state index contributed by atoms with van der Waals surface area (Å²) in [6, 6.07) is 11.0. The molecule has 1 aliphatic rings. The van der Waals surface area contributed by atoms with E-state index in [1.807, 2.05) is 6.33 Å². The van der Waals surface area contributed by atoms with Gasteiger partial charge in [0.2, 0.25) is 0 Å². The topological polar surface area (TPSA) is 60.6 Å². The van der Waals surface area contributed by atoms with Gasteiger partial charge in [-0.15, -0.1) is 0 Å². The monoisotopic (exact) mass is 321 g/mol. The molecule has 0 spiro atoms. The summed E-state index contributed by atoms with van der Waals surface area (Å²) in [5.41, 5.74) is 7.41. The molecule has 3 aromatic rings. The maximum absolute atomic E-state index is 4.64. The van der Waals surface area contributed by atoms with Crippen LogP contribution >= 0.6 is 0 Å². The SMILES string of the molecule is Cc1n[nH]c(C)c1CN1CCc2[nH]cnc2[C@H]1Cc1ccccc1. The highest BCUT2D eigenvalue weighted by molar-refractivity contribution is 5.27. The Kier molecular flexibility index (Phi) is 3.94. The summed E-state index contributed by atoms with van der Waals surface area (Å²) >= 11 is 0. The number of nitrogens with one attached hydrogen (secondary N) is 2. The highest BCUT2D eigenvalue weighted by atomic mass is 15.2. The Labute approximate surface area is 142 Å². The van der Waals surface area contributed by atoms with Crippen LogP contribution < -0.4 is 0 Å². The molecule has 0 bridgehead atoms. The van der Waals surface area contributed by atoms with Crippen LogP contribution in [0.3, 0.4) is 0 Å². The quantitative estimate of drug-likeness (QED) is 0.776. The molecule has 5 heteroatoms. The molecule has 0 saturated heterocycles. The van der Waals surface area contributed by atoms with Gasteiger partial charge in [-0.1, -0.05) is 30.3 Å². The van der Waals surface area contributed by atoms with E-state index in [4.69, 9.17) is 0 Å². The van der Waals surface area contributed by atoms with Crippen LogP contribution in [0.4, 0.5) is 0 Å². The van der Waals surface area contributed by atoms with Crippen molar-refractivity contribution in [3.8, 4) is 0 Å². The number of rotatable bonds is 4. The lowest BCUT2D eigenvalue weighted by molar-refractivity contribution is 0.170. The molecular formula is C19H23N5. The number of imidazole rings is 1. The Morgan fingerprint density at radius 1 is 1.21 bits per heavy atom. The zero-order valence-corrected chi connectivity index (χ0v) is 14.2. The minimum absolute atomic E-state index is 0.302. The maximum atomic E-state index is 4.64. The van der Waals surface area contributed by atoms with Gasteiger partial charge in [0.15, 0.2) is 0 Å². The number of hydrogen-bond acceptors (Lipinski definition) is 3. The number of aryl methyl sites for hydroxylation is 2. The standard InChI is InChI=1S/C19H23N5/c1-13-16(14(2)23-22-13)11-24-9-8-17-19(21-12-20-17)18(24)10-15-6-4-3-5-7-15/h3-7,12,18H,8-11H2,1-2H3,(H,20,21)(H,22,23)/t18-/m1/s1. The second-order valence-electron chi connectivity index (χ2n) is 6.60. The Morgan fingerprint density at radius 2 is 2.04 bits per heavy atom. The number of hydrogen-bond donors (Lipinski definition) is 2. The Hall–Kier alpha value is -2.40. The summed E-state index contributed by atoms with van der Waals surface area (Å²) < 4.78 is 0. The normalized spacial score (nSPS) is 17.8. The molecule has 24 heavy (non-hydrogen) atoms. The summed E-state index contributed by atoms with van der Waals surface area (Å²) in [7, 11) is 0. The molecule has 0 amide bonds. The average Bonchev–Trinajstić information content (AvgIpc) is 3.19. The molecule has 0 aliphatic carbocycles. The number of aromatic nitrogens is 4. The third-order valence-electron chi connectivity index (χ3n) is 5.07. The van der Waals surface area contributed by atoms with Gasteiger partial charge in [-0.3, -0.25) is 10.00 Å². The van der Waals surface area contributed by atoms with Crippen molar-refractivity contribution in [1.82, 2.24) is 25.1 Å². The van der Waals surface area contributed by atoms with E-state index < -0.39 is 0 Å². The van der Waals surface area contributed by atoms with Gasteiger partial charge in [0.25, 0.3) is 0 Å². The van der Waals surface area contributed by atoms with Crippen LogP contribution in [0.15, 0.2) is 36.7 Å². The van der Waals surface area contributed by atoms with Crippen molar-refractivity contribution in [1.29, 1.82) is 0 Å². The summed E-state index contributed by atoms with van der Waals surface area (Å²) in [5, 5.41) is 7.46. The van der Waals surface area contributed by atoms with E-state index in [1.165, 1.54) is 28.2 Å². The zero-order chi connectivity index (χ0) is 16.5. The zero-order valence-electron chi connectivity index (χ0n) is 14.2. The van der Waals surface area contributed by atoms with E-state index in [1.54, 1.807) is 0 Å². The van der Waals surface area contributed by atoms with Crippen LogP contribution in [0, 0.1) is 13.8 Å². The van der Waals surface area contributed by atoms with Crippen LogP contribution in [0.1, 0.15) is 39.9 Å². The van der Waals surface area contributed by atoms with Crippen LogP contribution in [-0.2, 0) is 19.4 Å². The van der Waals surface area contributed by atoms with Gasteiger partial charge in [0.1, 0.15) is 0 Å². The molecule has 0 saturated carbocycles. The summed E-state index contributed by atoms with van der Waals surface area (Å²) in [6.45, 7) is 6.13. The van der Waals surface area contributed by atoms with Gasteiger partial charge < -0.3 is 4.98 Å². The molecule has 4 rings (SSSR count). The first-order valence-electron chi connectivity index (χ1n) is 8.53. The molecule has 1 aliphatic heterocycles. The fourth-order valence-corrected chi connectivity index (χ4v) is 3.67. The second-order valence-corrected chi connectivity index (χ2v) is 6.60. The molecular weight excluding hydrogens is 298 g/mol. The van der Waals surface area contributed by atoms with E-state index in [0.717, 1.165) is 31.6 Å². The molecule has 2 aromatic heterocycles. The first-order chi connectivity index (χ1) is 11.7. The van der Waals surface area contributed by atoms with Crippen molar-refractivity contribution < 1.29 is 0 Å². The third kappa shape index (κ3) is 2.76. The lowest BCUT2D eigenvalue weighted by Gasteiger charge is -2.35. The highest BCUT2D eigenvalue weighted by Crippen LogP contribution is 2.32. The van der Waals surface area contributed by atoms with E-state index >= 15 is 0 Å². The number of fused-ring (bicyclic) bond motifs is 1. The Morgan fingerprint density at radius 3 is 2.79 bits per heavy atom. The number of H-pyrrole nitrogens is 2. The van der Waals surface area contributed by atoms with Crippen molar-refractivity contribution in [3.05, 3.63) is 70.6 Å². The summed E-state index contributed by atoms with van der Waals surface area (Å²) in [5.74, 6) is 0. The van der Waals surface area contributed by atoms with Crippen LogP contribution in [0.2, 0.25) is 0 Å². The first kappa shape index (κ1) is 15.1. The lowest BCUT2D eigenvalue weighted by atomic mass is 9.95. The fourth-order valence-electron chi connectivity index (χ4n) is 3.67. The van der Waals surface area contributed by atoms with Crippen molar-refractivity contribution in [3.63, 3.8) is 0 Å². The second kappa shape index (κ2) is 6.24. The molecule has 0 fully saturated rings. The predicted octanol–water partition coefficient (Wildman–Crippen LogP) is 3.09. The number of nitrogens with zero attached hydrogens (tertiary/aromatic N) is 3. The van der Waals surface area contributed by atoms with Gasteiger partial charge in [-0.05, 0) is 25.8 Å². The number of benzene rings is 1. The van der Waals surface area contributed by atoms with Gasteiger partial charge in [-0.2, -0.15) is 5.10 Å². The van der Waals surface area contributed by atoms with Gasteiger partial charge in [0.05, 0.1) is 23.8 Å². The summed E-state index contributed by atoms with van der Waals surface area (Å²) in [4.78, 5) is 10.5. The molecule has 3 heterocycles. The van der Waals surface area contributed by atoms with Crippen molar-refractivity contribution in [2.45, 2.75) is 39.3 Å². The molecule has 0 unspecified atom stereocenters. The average molecular weight is 321 g/mol. The molecule has 124 valence electrons. The van der Waals surface area contributed by atoms with Crippen molar-refractivity contribution in [2.75, 3.05) is 6.54 Å². The minimum Gasteiger partial charge on any atom is -0.348 e. The fraction of sp³-hybridized carbons (Fsp3) is 0.368. The Balaban J connectivity index is 1.65. The molecule has 0 radical (unpaired) electrons. The van der Waals surface area contributed by atoms with E-state index in [0.29, 0.717) is 6.04 Å². The molecule has 5 nitrogen and oxygen atoms in total. The van der Waals surface area contributed by atoms with Crippen LogP contribution in [0.5, 0.6) is 0 Å². The predicted molar refractivity (Wildman–Crippen MR) is 93.7 cm³/mol. The molecule has 2 N–H and O–H groups in total. The molecule has 1 aromatic carbocycles. The first-order valence-corrected chi connectivity index (χ1v) is 8.53. The lowest BCUT2D eigenvalue weighted by Crippen LogP contribution is -2.36. The largest absolute Gasteiger partial charge is 0.348 e. The molecule has 1 atom stereocenters. The van der Waals surface area contributed by atoms with Gasteiger partial charge in [-0.25, -0.2) is 4.98 Å². The Bertz CT molecular complexity index is 798. The smallest absolute Gasteiger partial charge is 0.0925 e.